The molecule has 11 nitrogen and oxygen atoms in total. The monoisotopic (exact) mass is 561 g/mol. The molecule has 3 fully saturated rings. The van der Waals surface area contributed by atoms with Crippen molar-refractivity contribution in [2.75, 3.05) is 6.61 Å². The second-order valence-electron chi connectivity index (χ2n) is 12.3. The number of ether oxygens (including phenoxy) is 1. The first kappa shape index (κ1) is 30.1. The highest BCUT2D eigenvalue weighted by Gasteiger charge is 2.68. The van der Waals surface area contributed by atoms with Crippen molar-refractivity contribution in [1.82, 2.24) is 5.32 Å². The lowest BCUT2D eigenvalue weighted by Gasteiger charge is -2.59. The molecule has 0 aliphatic heterocycles. The van der Waals surface area contributed by atoms with Crippen LogP contribution in [0.25, 0.3) is 0 Å². The number of allylic oxidation sites excluding steroid dienone is 4. The zero-order chi connectivity index (χ0) is 29.6. The van der Waals surface area contributed by atoms with Crippen molar-refractivity contribution in [3.63, 3.8) is 0 Å². The average molecular weight is 562 g/mol. The number of nitrogens with one attached hydrogen (secondary N) is 1. The Morgan fingerprint density at radius 2 is 1.88 bits per heavy atom. The number of carbonyl (C=O) groups is 5. The number of hydrogen-bond acceptors (Lipinski definition) is 9. The molecule has 9 atom stereocenters. The Labute approximate surface area is 232 Å². The van der Waals surface area contributed by atoms with Crippen LogP contribution in [0.4, 0.5) is 0 Å². The van der Waals surface area contributed by atoms with Gasteiger partial charge in [-0.3, -0.25) is 19.2 Å². The topological polar surface area (TPSA) is 188 Å². The summed E-state index contributed by atoms with van der Waals surface area (Å²) in [6.45, 7) is 4.39. The molecule has 0 saturated heterocycles. The van der Waals surface area contributed by atoms with Crippen LogP contribution in [0.15, 0.2) is 23.8 Å². The van der Waals surface area contributed by atoms with Crippen LogP contribution in [0.5, 0.6) is 0 Å². The van der Waals surface area contributed by atoms with E-state index in [1.54, 1.807) is 12.2 Å². The molecule has 0 heterocycles. The summed E-state index contributed by atoms with van der Waals surface area (Å²) in [5.74, 6) is -3.93. The highest BCUT2D eigenvalue weighted by molar-refractivity contribution is 6.01. The summed E-state index contributed by atoms with van der Waals surface area (Å²) in [7, 11) is 0. The third-order valence-electron chi connectivity index (χ3n) is 10.1. The molecule has 1 amide bonds. The van der Waals surface area contributed by atoms with E-state index in [1.165, 1.54) is 6.92 Å². The molecule has 9 unspecified atom stereocenters. The Hall–Kier alpha value is -2.89. The number of rotatable bonds is 9. The average Bonchev–Trinajstić information content (AvgIpc) is 3.15. The SMILES string of the molecule is CC(O)C(NC(=O)CCC(=O)OCC(=O)C1(O)CCC2C3CCC4=CC(=O)C=CC4(C)C3C(O)CC21C)C(=O)O. The highest BCUT2D eigenvalue weighted by atomic mass is 16.5. The summed E-state index contributed by atoms with van der Waals surface area (Å²) in [6.07, 6.45) is 4.52. The summed E-state index contributed by atoms with van der Waals surface area (Å²) in [5, 5.41) is 43.8. The van der Waals surface area contributed by atoms with Crippen molar-refractivity contribution in [2.24, 2.45) is 28.6 Å². The van der Waals surface area contributed by atoms with Gasteiger partial charge in [0.25, 0.3) is 0 Å². The smallest absolute Gasteiger partial charge is 0.328 e. The number of carboxylic acids is 1. The van der Waals surface area contributed by atoms with E-state index in [9.17, 15) is 39.3 Å². The molecular formula is C29H39NO10. The second kappa shape index (κ2) is 10.8. The number of ketones is 2. The van der Waals surface area contributed by atoms with Crippen molar-refractivity contribution in [3.05, 3.63) is 23.8 Å². The minimum absolute atomic E-state index is 0.0351. The molecule has 40 heavy (non-hydrogen) atoms. The summed E-state index contributed by atoms with van der Waals surface area (Å²) >= 11 is 0. The molecule has 11 heteroatoms. The Balaban J connectivity index is 1.38. The lowest BCUT2D eigenvalue weighted by molar-refractivity contribution is -0.181. The molecule has 4 aliphatic rings. The van der Waals surface area contributed by atoms with Crippen LogP contribution in [0.2, 0.25) is 0 Å². The summed E-state index contributed by atoms with van der Waals surface area (Å²) in [6, 6.07) is -1.52. The predicted molar refractivity (Wildman–Crippen MR) is 139 cm³/mol. The predicted octanol–water partition coefficient (Wildman–Crippen LogP) is 0.839. The zero-order valence-electron chi connectivity index (χ0n) is 23.1. The van der Waals surface area contributed by atoms with Gasteiger partial charge in [0.05, 0.1) is 18.6 Å². The number of aliphatic carboxylic acids is 1. The van der Waals surface area contributed by atoms with Crippen molar-refractivity contribution < 1.29 is 49.1 Å². The van der Waals surface area contributed by atoms with E-state index in [1.807, 2.05) is 19.9 Å². The van der Waals surface area contributed by atoms with Gasteiger partial charge < -0.3 is 30.5 Å². The minimum Gasteiger partial charge on any atom is -0.480 e. The van der Waals surface area contributed by atoms with Crippen LogP contribution >= 0.6 is 0 Å². The number of aliphatic hydroxyl groups is 3. The summed E-state index contributed by atoms with van der Waals surface area (Å²) in [4.78, 5) is 60.6. The molecule has 0 bridgehead atoms. The standard InChI is InChI=1S/C29H39NO10/c1-15(31)25(26(37)38)30-22(35)6-7-23(36)40-14-21(34)29(39)11-9-19-18-5-4-16-12-17(32)8-10-27(16,2)24(18)20(33)13-28(19,29)3/h8,10,12,15,18-20,24-25,31,33,39H,4-7,9,11,13-14H2,1-3H3,(H,30,35)(H,37,38). The number of fused-ring (bicyclic) bond motifs is 5. The van der Waals surface area contributed by atoms with Crippen molar-refractivity contribution in [3.8, 4) is 0 Å². The second-order valence-corrected chi connectivity index (χ2v) is 12.3. The van der Waals surface area contributed by atoms with E-state index in [0.717, 1.165) is 12.0 Å². The molecule has 220 valence electrons. The van der Waals surface area contributed by atoms with Crippen LogP contribution in [-0.4, -0.2) is 80.3 Å². The maximum atomic E-state index is 13.3. The molecule has 4 rings (SSSR count). The lowest BCUT2D eigenvalue weighted by Crippen LogP contribution is -2.61. The maximum Gasteiger partial charge on any atom is 0.328 e. The first-order chi connectivity index (χ1) is 18.6. The third kappa shape index (κ3) is 5.03. The largest absolute Gasteiger partial charge is 0.480 e. The van der Waals surface area contributed by atoms with Gasteiger partial charge in [0.1, 0.15) is 5.60 Å². The van der Waals surface area contributed by atoms with E-state index in [2.05, 4.69) is 5.32 Å². The van der Waals surface area contributed by atoms with Crippen LogP contribution in [0.3, 0.4) is 0 Å². The Morgan fingerprint density at radius 3 is 2.52 bits per heavy atom. The van der Waals surface area contributed by atoms with Crippen molar-refractivity contribution in [1.29, 1.82) is 0 Å². The number of carbonyl (C=O) groups excluding carboxylic acids is 4. The number of aliphatic hydroxyl groups excluding tert-OH is 2. The van der Waals surface area contributed by atoms with Gasteiger partial charge >= 0.3 is 11.9 Å². The number of carboxylic acid groups (broad SMARTS) is 1. The van der Waals surface area contributed by atoms with Gasteiger partial charge in [-0.2, -0.15) is 0 Å². The quantitative estimate of drug-likeness (QED) is 0.252. The third-order valence-corrected chi connectivity index (χ3v) is 10.1. The van der Waals surface area contributed by atoms with E-state index >= 15 is 0 Å². The van der Waals surface area contributed by atoms with Crippen LogP contribution in [0.1, 0.15) is 65.7 Å². The van der Waals surface area contributed by atoms with Crippen molar-refractivity contribution >= 4 is 29.4 Å². The van der Waals surface area contributed by atoms with Gasteiger partial charge in [-0.05, 0) is 63.0 Å². The van der Waals surface area contributed by atoms with Crippen LogP contribution in [-0.2, 0) is 28.7 Å². The number of esters is 1. The maximum absolute atomic E-state index is 13.3. The van der Waals surface area contributed by atoms with E-state index in [-0.39, 0.29) is 36.4 Å². The number of amides is 1. The molecule has 0 aromatic heterocycles. The lowest BCUT2D eigenvalue weighted by atomic mass is 9.46. The molecule has 0 spiro atoms. The minimum atomic E-state index is -1.80. The van der Waals surface area contributed by atoms with Gasteiger partial charge in [-0.15, -0.1) is 0 Å². The Morgan fingerprint density at radius 1 is 1.18 bits per heavy atom. The number of Topliss-reactive ketones (excluding diaryl/α,β-unsaturated/α-hetero) is 1. The number of hydrogen-bond donors (Lipinski definition) is 5. The zero-order valence-corrected chi connectivity index (χ0v) is 23.1. The fourth-order valence-corrected chi connectivity index (χ4v) is 7.98. The first-order valence-corrected chi connectivity index (χ1v) is 13.9. The van der Waals surface area contributed by atoms with Crippen LogP contribution < -0.4 is 5.32 Å². The van der Waals surface area contributed by atoms with Gasteiger partial charge in [-0.25, -0.2) is 4.79 Å². The van der Waals surface area contributed by atoms with Gasteiger partial charge in [0.15, 0.2) is 18.4 Å². The molecule has 4 aliphatic carbocycles. The normalized spacial score (nSPS) is 37.8. The fraction of sp³-hybridized carbons (Fsp3) is 0.690. The van der Waals surface area contributed by atoms with E-state index < -0.39 is 77.8 Å². The van der Waals surface area contributed by atoms with Gasteiger partial charge in [-0.1, -0.05) is 25.5 Å². The molecule has 3 saturated carbocycles. The van der Waals surface area contributed by atoms with Gasteiger partial charge in [0, 0.05) is 23.2 Å². The van der Waals surface area contributed by atoms with Crippen molar-refractivity contribution in [2.45, 2.75) is 89.6 Å². The Bertz CT molecular complexity index is 1160. The first-order valence-electron chi connectivity index (χ1n) is 13.9. The molecule has 5 N–H and O–H groups in total. The molecule has 0 aromatic carbocycles. The fourth-order valence-electron chi connectivity index (χ4n) is 7.98. The Kier molecular flexibility index (Phi) is 8.14. The molecule has 0 aromatic rings. The molecular weight excluding hydrogens is 522 g/mol. The summed E-state index contributed by atoms with van der Waals surface area (Å²) < 4.78 is 5.08. The summed E-state index contributed by atoms with van der Waals surface area (Å²) in [5.41, 5.74) is -2.19. The van der Waals surface area contributed by atoms with E-state index in [0.29, 0.717) is 12.8 Å². The highest BCUT2D eigenvalue weighted by Crippen LogP contribution is 2.67. The van der Waals surface area contributed by atoms with E-state index in [4.69, 9.17) is 9.84 Å². The van der Waals surface area contributed by atoms with Gasteiger partial charge in [0.2, 0.25) is 11.7 Å². The molecule has 0 radical (unpaired) electrons. The van der Waals surface area contributed by atoms with Crippen LogP contribution in [0, 0.1) is 28.6 Å².